The van der Waals surface area contributed by atoms with Crippen LogP contribution in [0.3, 0.4) is 0 Å². The van der Waals surface area contributed by atoms with Crippen LogP contribution < -0.4 is 0 Å². The number of likely N-dealkylation sites (tertiary alicyclic amines) is 1. The molecule has 0 bridgehead atoms. The average Bonchev–Trinajstić information content (AvgIpc) is 3.32. The second-order valence-corrected chi connectivity index (χ2v) is 8.60. The number of carbonyl (C=O) groups is 2. The summed E-state index contributed by atoms with van der Waals surface area (Å²) in [7, 11) is 0. The number of carboxylic acids is 1. The second kappa shape index (κ2) is 8.73. The van der Waals surface area contributed by atoms with Gasteiger partial charge < -0.3 is 19.5 Å². The lowest BCUT2D eigenvalue weighted by molar-refractivity contribution is -0.154. The summed E-state index contributed by atoms with van der Waals surface area (Å²) in [4.78, 5) is 29.9. The van der Waals surface area contributed by atoms with E-state index in [0.717, 1.165) is 17.5 Å². The number of pyridine rings is 1. The van der Waals surface area contributed by atoms with Gasteiger partial charge in [0.15, 0.2) is 0 Å². The minimum absolute atomic E-state index is 0.0101. The molecule has 8 heteroatoms. The van der Waals surface area contributed by atoms with Crippen LogP contribution in [0.2, 0.25) is 0 Å². The summed E-state index contributed by atoms with van der Waals surface area (Å²) in [6.45, 7) is 0.884. The van der Waals surface area contributed by atoms with E-state index in [0.29, 0.717) is 24.1 Å². The third kappa shape index (κ3) is 4.20. The third-order valence-corrected chi connectivity index (χ3v) is 6.53. The van der Waals surface area contributed by atoms with E-state index in [1.165, 1.54) is 0 Å². The summed E-state index contributed by atoms with van der Waals surface area (Å²) >= 11 is 3.34. The van der Waals surface area contributed by atoms with E-state index in [-0.39, 0.29) is 24.5 Å². The van der Waals surface area contributed by atoms with Crippen LogP contribution in [0.5, 0.6) is 0 Å². The highest BCUT2D eigenvalue weighted by atomic mass is 79.9. The topological polar surface area (TPSA) is 89.0 Å². The molecule has 0 radical (unpaired) electrons. The average molecular weight is 475 g/mol. The van der Waals surface area contributed by atoms with Gasteiger partial charge in [-0.2, -0.15) is 0 Å². The zero-order valence-electron chi connectivity index (χ0n) is 16.4. The molecule has 3 atom stereocenters. The number of aliphatic carboxylic acids is 1. The molecule has 2 aromatic rings. The lowest BCUT2D eigenvalue weighted by atomic mass is 9.82. The molecule has 1 aliphatic heterocycles. The molecule has 1 aromatic carbocycles. The highest BCUT2D eigenvalue weighted by Gasteiger charge is 2.55. The number of hydrogen-bond acceptors (Lipinski definition) is 5. The van der Waals surface area contributed by atoms with Crippen LogP contribution in [0.4, 0.5) is 4.79 Å². The Kier molecular flexibility index (Phi) is 6.06. The zero-order valence-corrected chi connectivity index (χ0v) is 18.0. The summed E-state index contributed by atoms with van der Waals surface area (Å²) in [6, 6.07) is 13.3. The van der Waals surface area contributed by atoms with E-state index >= 15 is 0 Å². The fourth-order valence-corrected chi connectivity index (χ4v) is 4.91. The van der Waals surface area contributed by atoms with Crippen LogP contribution >= 0.6 is 15.9 Å². The van der Waals surface area contributed by atoms with E-state index in [4.69, 9.17) is 9.47 Å². The molecule has 7 nitrogen and oxygen atoms in total. The number of amides is 1. The largest absolute Gasteiger partial charge is 0.480 e. The molecule has 2 aliphatic rings. The molecule has 1 aliphatic carbocycles. The summed E-state index contributed by atoms with van der Waals surface area (Å²) in [5.41, 5.74) is 1.01. The van der Waals surface area contributed by atoms with Crippen molar-refractivity contribution in [1.29, 1.82) is 0 Å². The van der Waals surface area contributed by atoms with Gasteiger partial charge in [0.25, 0.3) is 0 Å². The van der Waals surface area contributed by atoms with Crippen molar-refractivity contribution in [2.75, 3.05) is 19.7 Å². The summed E-state index contributed by atoms with van der Waals surface area (Å²) in [6.07, 6.45) is 2.92. The van der Waals surface area contributed by atoms with Gasteiger partial charge in [-0.1, -0.05) is 36.4 Å². The van der Waals surface area contributed by atoms with Gasteiger partial charge in [0.2, 0.25) is 0 Å². The molecule has 1 saturated heterocycles. The molecule has 1 amide bonds. The van der Waals surface area contributed by atoms with Crippen LogP contribution in [-0.4, -0.2) is 46.7 Å². The molecule has 30 heavy (non-hydrogen) atoms. The minimum atomic E-state index is -1.01. The van der Waals surface area contributed by atoms with E-state index in [2.05, 4.69) is 20.9 Å². The van der Waals surface area contributed by atoms with E-state index in [9.17, 15) is 14.7 Å². The number of carboxylic acid groups (broad SMARTS) is 1. The summed E-state index contributed by atoms with van der Waals surface area (Å²) < 4.78 is 12.2. The van der Waals surface area contributed by atoms with Gasteiger partial charge in [-0.25, -0.2) is 14.6 Å². The quantitative estimate of drug-likeness (QED) is 0.640. The van der Waals surface area contributed by atoms with Crippen molar-refractivity contribution in [3.05, 3.63) is 64.4 Å². The monoisotopic (exact) mass is 474 g/mol. The Morgan fingerprint density at radius 2 is 2.00 bits per heavy atom. The Labute approximate surface area is 183 Å². The molecule has 1 N–H and O–H groups in total. The number of benzene rings is 1. The fourth-order valence-electron chi connectivity index (χ4n) is 4.67. The van der Waals surface area contributed by atoms with Crippen molar-refractivity contribution < 1.29 is 24.2 Å². The first-order valence-corrected chi connectivity index (χ1v) is 10.7. The van der Waals surface area contributed by atoms with Crippen molar-refractivity contribution in [1.82, 2.24) is 9.88 Å². The molecular formula is C22H23BrN2O5. The van der Waals surface area contributed by atoms with Crippen LogP contribution in [0.1, 0.15) is 24.0 Å². The first kappa shape index (κ1) is 20.8. The molecule has 4 rings (SSSR count). The normalized spacial score (nSPS) is 25.2. The number of ether oxygens (including phenoxy) is 2. The maximum atomic E-state index is 12.7. The Morgan fingerprint density at radius 1 is 1.20 bits per heavy atom. The van der Waals surface area contributed by atoms with Crippen molar-refractivity contribution >= 4 is 28.0 Å². The smallest absolute Gasteiger partial charge is 0.410 e. The van der Waals surface area contributed by atoms with Crippen LogP contribution in [0, 0.1) is 11.8 Å². The minimum Gasteiger partial charge on any atom is -0.480 e. The lowest BCUT2D eigenvalue weighted by Gasteiger charge is -2.35. The van der Waals surface area contributed by atoms with E-state index in [1.54, 1.807) is 11.1 Å². The Morgan fingerprint density at radius 3 is 2.70 bits per heavy atom. The second-order valence-electron chi connectivity index (χ2n) is 7.79. The standard InChI is InChI=1S/C22H23BrN2O5/c23-19-7-6-17(10-24-19)22(30-14-20(26)27)9-8-16-11-25(12-18(16)22)21(28)29-13-15-4-2-1-3-5-15/h1-7,10,16,18H,8-9,11-14H2,(H,26,27). The summed E-state index contributed by atoms with van der Waals surface area (Å²) in [5, 5.41) is 9.21. The van der Waals surface area contributed by atoms with Gasteiger partial charge in [0, 0.05) is 30.8 Å². The number of carbonyl (C=O) groups excluding carboxylic acids is 1. The molecule has 1 saturated carbocycles. The molecule has 3 unspecified atom stereocenters. The molecule has 158 valence electrons. The Balaban J connectivity index is 1.50. The molecule has 2 heterocycles. The number of rotatable bonds is 6. The molecule has 0 spiro atoms. The van der Waals surface area contributed by atoms with Gasteiger partial charge in [-0.3, -0.25) is 0 Å². The van der Waals surface area contributed by atoms with Crippen LogP contribution in [-0.2, 0) is 26.5 Å². The first-order valence-electron chi connectivity index (χ1n) is 9.91. The molecule has 1 aromatic heterocycles. The zero-order chi connectivity index (χ0) is 21.1. The highest BCUT2D eigenvalue weighted by molar-refractivity contribution is 9.10. The van der Waals surface area contributed by atoms with Crippen LogP contribution in [0.25, 0.3) is 0 Å². The number of fused-ring (bicyclic) bond motifs is 1. The first-order chi connectivity index (χ1) is 14.5. The van der Waals surface area contributed by atoms with Crippen molar-refractivity contribution in [3.63, 3.8) is 0 Å². The predicted octanol–water partition coefficient (Wildman–Crippen LogP) is 3.82. The van der Waals surface area contributed by atoms with Gasteiger partial charge in [-0.15, -0.1) is 0 Å². The van der Waals surface area contributed by atoms with E-state index < -0.39 is 18.2 Å². The maximum Gasteiger partial charge on any atom is 0.410 e. The van der Waals surface area contributed by atoms with Crippen molar-refractivity contribution in [3.8, 4) is 0 Å². The van der Waals surface area contributed by atoms with Gasteiger partial charge >= 0.3 is 12.1 Å². The molecule has 2 fully saturated rings. The summed E-state index contributed by atoms with van der Waals surface area (Å²) in [5.74, 6) is -0.796. The number of nitrogens with zero attached hydrogens (tertiary/aromatic N) is 2. The van der Waals surface area contributed by atoms with Crippen LogP contribution in [0.15, 0.2) is 53.3 Å². The van der Waals surface area contributed by atoms with Crippen molar-refractivity contribution in [2.24, 2.45) is 11.8 Å². The van der Waals surface area contributed by atoms with Gasteiger partial charge in [0.05, 0.1) is 0 Å². The third-order valence-electron chi connectivity index (χ3n) is 6.06. The fraction of sp³-hybridized carbons (Fsp3) is 0.409. The number of hydrogen-bond donors (Lipinski definition) is 1. The number of aromatic nitrogens is 1. The maximum absolute atomic E-state index is 12.7. The highest BCUT2D eigenvalue weighted by Crippen LogP contribution is 2.53. The SMILES string of the molecule is O=C(O)COC1(c2ccc(Br)nc2)CCC2CN(C(=O)OCc3ccccc3)CC21. The van der Waals surface area contributed by atoms with Gasteiger partial charge in [-0.05, 0) is 46.3 Å². The van der Waals surface area contributed by atoms with Gasteiger partial charge in [0.1, 0.15) is 23.4 Å². The molecular weight excluding hydrogens is 452 g/mol. The number of halogens is 1. The lowest BCUT2D eigenvalue weighted by Crippen LogP contribution is -2.40. The Hall–Kier alpha value is -2.45. The Bertz CT molecular complexity index is 908. The van der Waals surface area contributed by atoms with E-state index in [1.807, 2.05) is 42.5 Å². The predicted molar refractivity (Wildman–Crippen MR) is 112 cm³/mol. The van der Waals surface area contributed by atoms with Crippen molar-refractivity contribution in [2.45, 2.75) is 25.0 Å².